The summed E-state index contributed by atoms with van der Waals surface area (Å²) in [5.74, 6) is 0. The van der Waals surface area contributed by atoms with Crippen LogP contribution in [0.15, 0.2) is 0 Å². The molecule has 0 saturated heterocycles. The van der Waals surface area contributed by atoms with E-state index in [0.717, 1.165) is 0 Å². The predicted octanol–water partition coefficient (Wildman–Crippen LogP) is 0.0233. The Balaban J connectivity index is 3.61. The third kappa shape index (κ3) is 5.12. The molecule has 0 bridgehead atoms. The standard InChI is InChI=1S/C7H16FNO2/c1-5(10)9-4-6(8)7(2,3)11/h5-6,9-11H,4H2,1-3H3/t5?,6-/m0/s1. The summed E-state index contributed by atoms with van der Waals surface area (Å²) in [6.45, 7) is 4.24. The molecule has 0 amide bonds. The van der Waals surface area contributed by atoms with Crippen LogP contribution < -0.4 is 5.32 Å². The van der Waals surface area contributed by atoms with Crippen molar-refractivity contribution in [3.63, 3.8) is 0 Å². The van der Waals surface area contributed by atoms with Crippen LogP contribution >= 0.6 is 0 Å². The van der Waals surface area contributed by atoms with E-state index in [1.54, 1.807) is 0 Å². The van der Waals surface area contributed by atoms with E-state index in [-0.39, 0.29) is 6.54 Å². The molecular weight excluding hydrogens is 149 g/mol. The Hall–Kier alpha value is -0.190. The third-order valence-electron chi connectivity index (χ3n) is 1.36. The number of halogens is 1. The first kappa shape index (κ1) is 10.8. The van der Waals surface area contributed by atoms with E-state index < -0.39 is 18.0 Å². The van der Waals surface area contributed by atoms with E-state index in [4.69, 9.17) is 10.2 Å². The zero-order chi connectivity index (χ0) is 9.07. The van der Waals surface area contributed by atoms with Gasteiger partial charge < -0.3 is 10.2 Å². The lowest BCUT2D eigenvalue weighted by Gasteiger charge is -2.23. The Morgan fingerprint density at radius 2 is 2.00 bits per heavy atom. The SMILES string of the molecule is CC(O)NC[C@H](F)C(C)(C)O. The normalized spacial score (nSPS) is 18.0. The van der Waals surface area contributed by atoms with Gasteiger partial charge in [-0.1, -0.05) is 0 Å². The van der Waals surface area contributed by atoms with Gasteiger partial charge in [0.2, 0.25) is 0 Å². The number of aliphatic hydroxyl groups is 2. The Kier molecular flexibility index (Phi) is 3.92. The molecule has 0 rings (SSSR count). The van der Waals surface area contributed by atoms with E-state index in [1.807, 2.05) is 0 Å². The Bertz CT molecular complexity index is 111. The van der Waals surface area contributed by atoms with Crippen LogP contribution in [0.5, 0.6) is 0 Å². The molecule has 0 aliphatic carbocycles. The van der Waals surface area contributed by atoms with Crippen LogP contribution in [-0.2, 0) is 0 Å². The second kappa shape index (κ2) is 3.99. The first-order valence-corrected chi connectivity index (χ1v) is 3.62. The smallest absolute Gasteiger partial charge is 0.141 e. The molecule has 3 N–H and O–H groups in total. The average molecular weight is 165 g/mol. The molecule has 0 aromatic heterocycles. The zero-order valence-corrected chi connectivity index (χ0v) is 7.13. The number of alkyl halides is 1. The van der Waals surface area contributed by atoms with Gasteiger partial charge in [0.25, 0.3) is 0 Å². The summed E-state index contributed by atoms with van der Waals surface area (Å²) in [4.78, 5) is 0. The molecule has 0 spiro atoms. The Labute approximate surface area is 66.2 Å². The van der Waals surface area contributed by atoms with Crippen LogP contribution in [0.1, 0.15) is 20.8 Å². The van der Waals surface area contributed by atoms with E-state index in [1.165, 1.54) is 20.8 Å². The van der Waals surface area contributed by atoms with Gasteiger partial charge in [-0.05, 0) is 20.8 Å². The van der Waals surface area contributed by atoms with Crippen molar-refractivity contribution in [2.45, 2.75) is 38.8 Å². The summed E-state index contributed by atoms with van der Waals surface area (Å²) in [7, 11) is 0. The van der Waals surface area contributed by atoms with Crippen LogP contribution in [0, 0.1) is 0 Å². The van der Waals surface area contributed by atoms with Gasteiger partial charge in [-0.25, -0.2) is 4.39 Å². The lowest BCUT2D eigenvalue weighted by molar-refractivity contribution is -0.00813. The number of hydrogen-bond donors (Lipinski definition) is 3. The third-order valence-corrected chi connectivity index (χ3v) is 1.36. The van der Waals surface area contributed by atoms with Crippen LogP contribution in [0.4, 0.5) is 4.39 Å². The van der Waals surface area contributed by atoms with Crippen LogP contribution in [-0.4, -0.2) is 34.8 Å². The minimum absolute atomic E-state index is 0.0405. The summed E-state index contributed by atoms with van der Waals surface area (Å²) in [6, 6.07) is 0. The number of nitrogens with one attached hydrogen (secondary N) is 1. The number of rotatable bonds is 4. The quantitative estimate of drug-likeness (QED) is 0.515. The molecule has 4 heteroatoms. The first-order chi connectivity index (χ1) is 4.84. The van der Waals surface area contributed by atoms with Crippen LogP contribution in [0.3, 0.4) is 0 Å². The topological polar surface area (TPSA) is 52.5 Å². The summed E-state index contributed by atoms with van der Waals surface area (Å²) in [5.41, 5.74) is -1.35. The van der Waals surface area contributed by atoms with Gasteiger partial charge in [0.15, 0.2) is 0 Å². The highest BCUT2D eigenvalue weighted by molar-refractivity contribution is 4.78. The van der Waals surface area contributed by atoms with E-state index in [9.17, 15) is 4.39 Å². The highest BCUT2D eigenvalue weighted by Crippen LogP contribution is 2.10. The lowest BCUT2D eigenvalue weighted by atomic mass is 10.0. The Morgan fingerprint density at radius 1 is 1.55 bits per heavy atom. The van der Waals surface area contributed by atoms with Crippen molar-refractivity contribution in [1.82, 2.24) is 5.32 Å². The van der Waals surface area contributed by atoms with E-state index in [2.05, 4.69) is 5.32 Å². The summed E-state index contributed by atoms with van der Waals surface area (Å²) >= 11 is 0. The highest BCUT2D eigenvalue weighted by Gasteiger charge is 2.26. The molecule has 11 heavy (non-hydrogen) atoms. The first-order valence-electron chi connectivity index (χ1n) is 3.62. The van der Waals surface area contributed by atoms with Gasteiger partial charge in [0.1, 0.15) is 12.4 Å². The van der Waals surface area contributed by atoms with Crippen LogP contribution in [0.2, 0.25) is 0 Å². The van der Waals surface area contributed by atoms with Crippen molar-refractivity contribution in [2.75, 3.05) is 6.54 Å². The maximum atomic E-state index is 12.8. The van der Waals surface area contributed by atoms with Crippen molar-refractivity contribution < 1.29 is 14.6 Å². The maximum Gasteiger partial charge on any atom is 0.141 e. The van der Waals surface area contributed by atoms with Crippen molar-refractivity contribution in [3.05, 3.63) is 0 Å². The molecule has 2 atom stereocenters. The second-order valence-electron chi connectivity index (χ2n) is 3.21. The minimum Gasteiger partial charge on any atom is -0.387 e. The predicted molar refractivity (Wildman–Crippen MR) is 40.9 cm³/mol. The summed E-state index contributed by atoms with van der Waals surface area (Å²) in [6.07, 6.45) is -2.10. The van der Waals surface area contributed by atoms with Crippen molar-refractivity contribution >= 4 is 0 Å². The molecule has 0 heterocycles. The average Bonchev–Trinajstić information content (AvgIpc) is 1.80. The largest absolute Gasteiger partial charge is 0.387 e. The molecule has 68 valence electrons. The maximum absolute atomic E-state index is 12.8. The molecule has 0 fully saturated rings. The molecule has 0 radical (unpaired) electrons. The number of aliphatic hydroxyl groups excluding tert-OH is 1. The molecule has 3 nitrogen and oxygen atoms in total. The van der Waals surface area contributed by atoms with Crippen molar-refractivity contribution in [3.8, 4) is 0 Å². The fourth-order valence-electron chi connectivity index (χ4n) is 0.524. The molecule has 1 unspecified atom stereocenters. The fraction of sp³-hybridized carbons (Fsp3) is 1.00. The van der Waals surface area contributed by atoms with Gasteiger partial charge in [0, 0.05) is 6.54 Å². The molecule has 0 aromatic carbocycles. The lowest BCUT2D eigenvalue weighted by Crippen LogP contribution is -2.42. The van der Waals surface area contributed by atoms with Gasteiger partial charge >= 0.3 is 0 Å². The fourth-order valence-corrected chi connectivity index (χ4v) is 0.524. The minimum atomic E-state index is -1.36. The monoisotopic (exact) mass is 165 g/mol. The summed E-state index contributed by atoms with van der Waals surface area (Å²) < 4.78 is 12.8. The van der Waals surface area contributed by atoms with Gasteiger partial charge in [-0.15, -0.1) is 0 Å². The van der Waals surface area contributed by atoms with Gasteiger partial charge in [-0.3, -0.25) is 5.32 Å². The zero-order valence-electron chi connectivity index (χ0n) is 7.13. The van der Waals surface area contributed by atoms with E-state index in [0.29, 0.717) is 0 Å². The molecule has 0 aliphatic rings. The van der Waals surface area contributed by atoms with Crippen molar-refractivity contribution in [1.29, 1.82) is 0 Å². The molecule has 0 aliphatic heterocycles. The van der Waals surface area contributed by atoms with Gasteiger partial charge in [-0.2, -0.15) is 0 Å². The van der Waals surface area contributed by atoms with Gasteiger partial charge in [0.05, 0.1) is 5.60 Å². The second-order valence-corrected chi connectivity index (χ2v) is 3.21. The van der Waals surface area contributed by atoms with Crippen LogP contribution in [0.25, 0.3) is 0 Å². The molecule has 0 saturated carbocycles. The molecular formula is C7H16FNO2. The Morgan fingerprint density at radius 3 is 2.27 bits per heavy atom. The molecule has 0 aromatic rings. The summed E-state index contributed by atoms with van der Waals surface area (Å²) in [5, 5.41) is 20.3. The van der Waals surface area contributed by atoms with E-state index >= 15 is 0 Å². The highest BCUT2D eigenvalue weighted by atomic mass is 19.1. The van der Waals surface area contributed by atoms with Crippen molar-refractivity contribution in [2.24, 2.45) is 0 Å². The number of hydrogen-bond acceptors (Lipinski definition) is 3.